The first-order valence-corrected chi connectivity index (χ1v) is 9.44. The minimum Gasteiger partial charge on any atom is -0.348 e. The molecule has 2 spiro atoms. The Hall–Kier alpha value is -0.460. The summed E-state index contributed by atoms with van der Waals surface area (Å²) in [5.74, 6) is -0.287. The van der Waals surface area contributed by atoms with Gasteiger partial charge in [0.2, 0.25) is 0 Å². The van der Waals surface area contributed by atoms with Crippen LogP contribution in [-0.2, 0) is 14.3 Å². The van der Waals surface area contributed by atoms with Crippen LogP contribution in [0.4, 0.5) is 0 Å². The van der Waals surface area contributed by atoms with E-state index in [9.17, 15) is 0 Å². The number of nitrogens with zero attached hydrogens (tertiary/aromatic N) is 1. The summed E-state index contributed by atoms with van der Waals surface area (Å²) in [6, 6.07) is 4.73. The van der Waals surface area contributed by atoms with Gasteiger partial charge in [-0.1, -0.05) is 12.5 Å². The predicted octanol–water partition coefficient (Wildman–Crippen LogP) is 3.64. The zero-order chi connectivity index (χ0) is 14.6. The molecule has 4 heterocycles. The van der Waals surface area contributed by atoms with Crippen LogP contribution in [0.2, 0.25) is 0 Å². The summed E-state index contributed by atoms with van der Waals surface area (Å²) in [7, 11) is 0. The van der Waals surface area contributed by atoms with Gasteiger partial charge in [0.05, 0.1) is 30.9 Å². The third kappa shape index (κ3) is 2.03. The van der Waals surface area contributed by atoms with Crippen LogP contribution in [0.25, 0.3) is 0 Å². The van der Waals surface area contributed by atoms with Gasteiger partial charge in [0.1, 0.15) is 0 Å². The van der Waals surface area contributed by atoms with E-state index >= 15 is 0 Å². The van der Waals surface area contributed by atoms with Crippen molar-refractivity contribution in [1.29, 1.82) is 0 Å². The number of hydrogen-bond acceptors (Lipinski definition) is 5. The fourth-order valence-corrected chi connectivity index (χ4v) is 5.47. The molecular weight excluding hydrogens is 298 g/mol. The Kier molecular flexibility index (Phi) is 3.18. The van der Waals surface area contributed by atoms with Crippen molar-refractivity contribution >= 4 is 11.3 Å². The summed E-state index contributed by atoms with van der Waals surface area (Å²) < 4.78 is 12.6. The molecular formula is C17H23NO3S. The van der Waals surface area contributed by atoms with Crippen LogP contribution < -0.4 is 0 Å². The van der Waals surface area contributed by atoms with Gasteiger partial charge in [-0.05, 0) is 30.7 Å². The molecule has 1 saturated carbocycles. The molecule has 22 heavy (non-hydrogen) atoms. The first-order valence-electron chi connectivity index (χ1n) is 8.56. The van der Waals surface area contributed by atoms with E-state index in [4.69, 9.17) is 14.3 Å². The summed E-state index contributed by atoms with van der Waals surface area (Å²) in [6.45, 7) is 1.51. The van der Waals surface area contributed by atoms with E-state index in [-0.39, 0.29) is 11.3 Å². The molecule has 4 aliphatic rings. The Balaban J connectivity index is 1.36. The van der Waals surface area contributed by atoms with Crippen LogP contribution in [0.1, 0.15) is 55.9 Å². The highest BCUT2D eigenvalue weighted by molar-refractivity contribution is 7.10. The van der Waals surface area contributed by atoms with Gasteiger partial charge < -0.3 is 9.47 Å². The maximum Gasteiger partial charge on any atom is 0.168 e. The average molecular weight is 321 g/mol. The Bertz CT molecular complexity index is 530. The Morgan fingerprint density at radius 3 is 2.64 bits per heavy atom. The molecule has 3 aliphatic heterocycles. The minimum atomic E-state index is -0.287. The van der Waals surface area contributed by atoms with E-state index in [0.717, 1.165) is 38.9 Å². The first kappa shape index (κ1) is 13.9. The highest BCUT2D eigenvalue weighted by Gasteiger charge is 2.60. The smallest absolute Gasteiger partial charge is 0.168 e. The lowest BCUT2D eigenvalue weighted by molar-refractivity contribution is -0.333. The second-order valence-electron chi connectivity index (χ2n) is 7.30. The van der Waals surface area contributed by atoms with Gasteiger partial charge in [-0.3, -0.25) is 4.84 Å². The lowest BCUT2D eigenvalue weighted by atomic mass is 9.84. The molecule has 3 atom stereocenters. The summed E-state index contributed by atoms with van der Waals surface area (Å²) in [5.41, 5.74) is -0.0692. The fourth-order valence-electron chi connectivity index (χ4n) is 4.65. The van der Waals surface area contributed by atoms with Crippen LogP contribution in [0.5, 0.6) is 0 Å². The number of fused-ring (bicyclic) bond motifs is 3. The zero-order valence-corrected chi connectivity index (χ0v) is 13.6. The van der Waals surface area contributed by atoms with Crippen molar-refractivity contribution in [3.63, 3.8) is 0 Å². The number of rotatable bonds is 1. The van der Waals surface area contributed by atoms with Crippen LogP contribution in [0.15, 0.2) is 17.5 Å². The van der Waals surface area contributed by atoms with E-state index in [2.05, 4.69) is 22.6 Å². The minimum absolute atomic E-state index is 0.0692. The van der Waals surface area contributed by atoms with Crippen molar-refractivity contribution in [2.45, 2.75) is 68.4 Å². The predicted molar refractivity (Wildman–Crippen MR) is 83.5 cm³/mol. The first-order chi connectivity index (χ1) is 10.8. The van der Waals surface area contributed by atoms with Gasteiger partial charge in [-0.25, -0.2) is 0 Å². The molecule has 4 nitrogen and oxygen atoms in total. The van der Waals surface area contributed by atoms with Crippen molar-refractivity contribution in [2.24, 2.45) is 0 Å². The molecule has 2 unspecified atom stereocenters. The molecule has 2 bridgehead atoms. The molecule has 3 saturated heterocycles. The normalized spacial score (nSPS) is 38.8. The van der Waals surface area contributed by atoms with Crippen molar-refractivity contribution < 1.29 is 14.3 Å². The van der Waals surface area contributed by atoms with Gasteiger partial charge in [0, 0.05) is 24.1 Å². The molecule has 1 aromatic rings. The number of ether oxygens (including phenoxy) is 2. The summed E-state index contributed by atoms with van der Waals surface area (Å²) in [6.07, 6.45) is 8.38. The number of piperidine rings is 1. The largest absolute Gasteiger partial charge is 0.348 e. The number of thiophene rings is 1. The molecule has 0 N–H and O–H groups in total. The van der Waals surface area contributed by atoms with Crippen molar-refractivity contribution in [3.05, 3.63) is 22.4 Å². The Labute approximate surface area is 135 Å². The van der Waals surface area contributed by atoms with Crippen LogP contribution in [0.3, 0.4) is 0 Å². The Morgan fingerprint density at radius 2 is 1.95 bits per heavy atom. The second kappa shape index (κ2) is 5.02. The van der Waals surface area contributed by atoms with E-state index in [0.29, 0.717) is 12.1 Å². The molecule has 5 rings (SSSR count). The summed E-state index contributed by atoms with van der Waals surface area (Å²) in [4.78, 5) is 7.56. The average Bonchev–Trinajstić information content (AvgIpc) is 3.27. The van der Waals surface area contributed by atoms with Crippen LogP contribution in [-0.4, -0.2) is 35.7 Å². The molecule has 0 aromatic carbocycles. The monoisotopic (exact) mass is 321 g/mol. The lowest BCUT2D eigenvalue weighted by Gasteiger charge is -2.50. The van der Waals surface area contributed by atoms with Crippen molar-refractivity contribution in [3.8, 4) is 0 Å². The van der Waals surface area contributed by atoms with Crippen LogP contribution in [0, 0.1) is 0 Å². The van der Waals surface area contributed by atoms with Gasteiger partial charge in [-0.2, -0.15) is 5.06 Å². The van der Waals surface area contributed by atoms with E-state index in [1.165, 1.54) is 24.1 Å². The van der Waals surface area contributed by atoms with Gasteiger partial charge in [0.15, 0.2) is 5.79 Å². The second-order valence-corrected chi connectivity index (χ2v) is 8.28. The molecule has 1 aliphatic carbocycles. The Morgan fingerprint density at radius 1 is 1.14 bits per heavy atom. The fraction of sp³-hybridized carbons (Fsp3) is 0.765. The standard InChI is InChI=1S/C17H23NO3S/c1-2-6-17(7-3-1)19-11-16(12-20-17)10-13-9-14(18(16)21-13)15-5-4-8-22-15/h4-5,8,13-14H,1-3,6-7,9-12H2/t13?,14-/m0/s1. The third-order valence-corrected chi connectivity index (χ3v) is 6.78. The third-order valence-electron chi connectivity index (χ3n) is 5.80. The SMILES string of the molecule is c1csc([C@@H]2CC3CC4(COC5(CCCCC5)OC4)N2O3)c1. The number of hydrogen-bond donors (Lipinski definition) is 0. The lowest BCUT2D eigenvalue weighted by Crippen LogP contribution is -2.60. The molecule has 5 heteroatoms. The van der Waals surface area contributed by atoms with Gasteiger partial charge in [-0.15, -0.1) is 11.3 Å². The zero-order valence-electron chi connectivity index (χ0n) is 12.8. The molecule has 1 aromatic heterocycles. The van der Waals surface area contributed by atoms with E-state index in [1.54, 1.807) is 0 Å². The molecule has 120 valence electrons. The molecule has 4 fully saturated rings. The molecule has 0 radical (unpaired) electrons. The summed E-state index contributed by atoms with van der Waals surface area (Å²) >= 11 is 1.83. The van der Waals surface area contributed by atoms with E-state index < -0.39 is 0 Å². The van der Waals surface area contributed by atoms with Gasteiger partial charge >= 0.3 is 0 Å². The van der Waals surface area contributed by atoms with Crippen molar-refractivity contribution in [2.75, 3.05) is 13.2 Å². The molecule has 0 amide bonds. The highest BCUT2D eigenvalue weighted by atomic mass is 32.1. The van der Waals surface area contributed by atoms with Gasteiger partial charge in [0.25, 0.3) is 0 Å². The van der Waals surface area contributed by atoms with E-state index in [1.807, 2.05) is 11.3 Å². The maximum absolute atomic E-state index is 6.32. The maximum atomic E-state index is 6.32. The van der Waals surface area contributed by atoms with Crippen molar-refractivity contribution in [1.82, 2.24) is 5.06 Å². The quantitative estimate of drug-likeness (QED) is 0.790. The van der Waals surface area contributed by atoms with Crippen LogP contribution >= 0.6 is 11.3 Å². The summed E-state index contributed by atoms with van der Waals surface area (Å²) in [5, 5.41) is 4.37. The topological polar surface area (TPSA) is 30.9 Å². The number of hydroxylamine groups is 2. The highest BCUT2D eigenvalue weighted by Crippen LogP contribution is 2.52.